The smallest absolute Gasteiger partial charge is 0.260 e. The van der Waals surface area contributed by atoms with Crippen LogP contribution >= 0.6 is 0 Å². The molecule has 1 fully saturated rings. The summed E-state index contributed by atoms with van der Waals surface area (Å²) in [6.07, 6.45) is 6.80. The average Bonchev–Trinajstić information content (AvgIpc) is 3.19. The van der Waals surface area contributed by atoms with Crippen LogP contribution in [0.3, 0.4) is 0 Å². The second-order valence-electron chi connectivity index (χ2n) is 9.32. The maximum absolute atomic E-state index is 14.7. The molecule has 37 heavy (non-hydrogen) atoms. The minimum atomic E-state index is -1.30. The predicted molar refractivity (Wildman–Crippen MR) is 146 cm³/mol. The lowest BCUT2D eigenvalue weighted by atomic mass is 9.94. The fourth-order valence-electron chi connectivity index (χ4n) is 4.87. The Morgan fingerprint density at radius 1 is 1.16 bits per heavy atom. The number of aromatic nitrogens is 3. The van der Waals surface area contributed by atoms with Gasteiger partial charge in [-0.2, -0.15) is 4.98 Å². The second kappa shape index (κ2) is 11.0. The van der Waals surface area contributed by atoms with E-state index < -0.39 is 17.0 Å². The number of pyridine rings is 1. The number of halogens is 1. The van der Waals surface area contributed by atoms with Crippen LogP contribution in [0.2, 0.25) is 0 Å². The number of aryl methyl sites for hydroxylation is 1. The molecule has 0 radical (unpaired) electrons. The van der Waals surface area contributed by atoms with E-state index in [0.29, 0.717) is 34.3 Å². The first-order valence-electron chi connectivity index (χ1n) is 12.6. The van der Waals surface area contributed by atoms with E-state index in [-0.39, 0.29) is 16.7 Å². The lowest BCUT2D eigenvalue weighted by Crippen LogP contribution is -2.23. The Labute approximate surface area is 218 Å². The summed E-state index contributed by atoms with van der Waals surface area (Å²) in [5, 5.41) is 7.36. The average molecular weight is 520 g/mol. The molecule has 2 unspecified atom stereocenters. The number of nitrogens with one attached hydrogen (secondary N) is 2. The van der Waals surface area contributed by atoms with Crippen molar-refractivity contribution in [2.24, 2.45) is 0 Å². The number of fused-ring (bicyclic) bond motifs is 1. The van der Waals surface area contributed by atoms with Crippen LogP contribution in [0.25, 0.3) is 22.2 Å². The van der Waals surface area contributed by atoms with Gasteiger partial charge < -0.3 is 15.2 Å². The van der Waals surface area contributed by atoms with Crippen molar-refractivity contribution >= 4 is 33.8 Å². The SMILES string of the molecule is CCn1c(=O)c(-c2cc([S+](C)[O-])ccc2F)cc2cnc(Nc3ccc(C4CCCCNC4)cc3)nc21. The van der Waals surface area contributed by atoms with Gasteiger partial charge in [-0.15, -0.1) is 0 Å². The third-order valence-corrected chi connectivity index (χ3v) is 7.81. The number of nitrogens with zero attached hydrogens (tertiary/aromatic N) is 3. The van der Waals surface area contributed by atoms with Crippen LogP contribution in [-0.4, -0.2) is 38.4 Å². The molecule has 2 N–H and O–H groups in total. The molecule has 1 aliphatic heterocycles. The van der Waals surface area contributed by atoms with Gasteiger partial charge in [0.25, 0.3) is 5.56 Å². The van der Waals surface area contributed by atoms with Crippen LogP contribution in [0.4, 0.5) is 16.0 Å². The normalized spacial score (nSPS) is 16.9. The number of benzene rings is 2. The van der Waals surface area contributed by atoms with Crippen molar-refractivity contribution < 1.29 is 8.94 Å². The van der Waals surface area contributed by atoms with Crippen molar-refractivity contribution in [2.75, 3.05) is 24.7 Å². The van der Waals surface area contributed by atoms with Crippen molar-refractivity contribution in [3.05, 3.63) is 76.5 Å². The monoisotopic (exact) mass is 519 g/mol. The van der Waals surface area contributed by atoms with Crippen LogP contribution in [0.1, 0.15) is 37.7 Å². The van der Waals surface area contributed by atoms with Crippen molar-refractivity contribution in [3.63, 3.8) is 0 Å². The van der Waals surface area contributed by atoms with E-state index in [9.17, 15) is 13.7 Å². The zero-order valence-electron chi connectivity index (χ0n) is 21.0. The third kappa shape index (κ3) is 5.39. The van der Waals surface area contributed by atoms with Gasteiger partial charge in [0, 0.05) is 42.0 Å². The third-order valence-electron chi connectivity index (χ3n) is 6.89. The molecule has 3 heterocycles. The van der Waals surface area contributed by atoms with Crippen molar-refractivity contribution in [2.45, 2.75) is 43.5 Å². The van der Waals surface area contributed by atoms with Gasteiger partial charge in [0.15, 0.2) is 4.90 Å². The lowest BCUT2D eigenvalue weighted by Gasteiger charge is -2.15. The van der Waals surface area contributed by atoms with E-state index in [1.54, 1.807) is 12.3 Å². The first-order valence-corrected chi connectivity index (χ1v) is 14.1. The molecular weight excluding hydrogens is 489 g/mol. The summed E-state index contributed by atoms with van der Waals surface area (Å²) < 4.78 is 28.2. The van der Waals surface area contributed by atoms with Crippen molar-refractivity contribution in [1.29, 1.82) is 0 Å². The van der Waals surface area contributed by atoms with E-state index in [1.165, 1.54) is 53.8 Å². The van der Waals surface area contributed by atoms with E-state index in [4.69, 9.17) is 0 Å². The molecular formula is C28H30FN5O2S. The predicted octanol–water partition coefficient (Wildman–Crippen LogP) is 4.96. The Kier molecular flexibility index (Phi) is 7.55. The molecule has 5 rings (SSSR count). The Morgan fingerprint density at radius 3 is 2.73 bits per heavy atom. The molecule has 2 aromatic carbocycles. The molecule has 0 aliphatic carbocycles. The van der Waals surface area contributed by atoms with Crippen LogP contribution in [0, 0.1) is 5.82 Å². The molecule has 9 heteroatoms. The Morgan fingerprint density at radius 2 is 1.97 bits per heavy atom. The second-order valence-corrected chi connectivity index (χ2v) is 10.7. The van der Waals surface area contributed by atoms with Crippen molar-refractivity contribution in [1.82, 2.24) is 19.9 Å². The molecule has 192 valence electrons. The molecule has 2 atom stereocenters. The minimum absolute atomic E-state index is 0.118. The Hall–Kier alpha value is -3.27. The standard InChI is InChI=1S/C28H30FN5O2S/c1-3-34-26-20(14-24(27(34)35)23-15-22(37(2)36)11-12-25(23)29)17-31-28(33-26)32-21-9-7-18(8-10-21)19-6-4-5-13-30-16-19/h7-12,14-15,17,19,30H,3-6,13,16H2,1-2H3,(H,31,32,33). The zero-order chi connectivity index (χ0) is 25.9. The van der Waals surface area contributed by atoms with E-state index in [2.05, 4.69) is 32.7 Å². The molecule has 2 aromatic heterocycles. The highest BCUT2D eigenvalue weighted by Crippen LogP contribution is 2.28. The van der Waals surface area contributed by atoms with Crippen LogP contribution in [0.5, 0.6) is 0 Å². The van der Waals surface area contributed by atoms with Gasteiger partial charge in [-0.1, -0.05) is 18.6 Å². The van der Waals surface area contributed by atoms with Gasteiger partial charge in [0.05, 0.1) is 5.56 Å². The molecule has 0 saturated carbocycles. The van der Waals surface area contributed by atoms with Crippen LogP contribution < -0.4 is 16.2 Å². The molecule has 1 aliphatic rings. The van der Waals surface area contributed by atoms with Gasteiger partial charge in [0.2, 0.25) is 5.95 Å². The maximum Gasteiger partial charge on any atom is 0.260 e. The number of anilines is 2. The van der Waals surface area contributed by atoms with E-state index in [1.807, 2.05) is 19.1 Å². The van der Waals surface area contributed by atoms with Gasteiger partial charge >= 0.3 is 0 Å². The summed E-state index contributed by atoms with van der Waals surface area (Å²) in [5.41, 5.74) is 2.58. The fraction of sp³-hybridized carbons (Fsp3) is 0.321. The number of hydrogen-bond donors (Lipinski definition) is 2. The van der Waals surface area contributed by atoms with Gasteiger partial charge in [0.1, 0.15) is 17.7 Å². The first-order chi connectivity index (χ1) is 17.9. The topological polar surface area (TPSA) is 94.9 Å². The van der Waals surface area contributed by atoms with E-state index >= 15 is 0 Å². The van der Waals surface area contributed by atoms with Crippen LogP contribution in [-0.2, 0) is 17.7 Å². The van der Waals surface area contributed by atoms with Crippen LogP contribution in [0.15, 0.2) is 64.4 Å². The number of rotatable bonds is 6. The summed E-state index contributed by atoms with van der Waals surface area (Å²) >= 11 is -1.30. The Balaban J connectivity index is 1.46. The van der Waals surface area contributed by atoms with Gasteiger partial charge in [-0.05, 0) is 79.3 Å². The highest BCUT2D eigenvalue weighted by atomic mass is 32.2. The molecule has 0 spiro atoms. The van der Waals surface area contributed by atoms with Crippen molar-refractivity contribution in [3.8, 4) is 11.1 Å². The maximum atomic E-state index is 14.7. The highest BCUT2D eigenvalue weighted by Gasteiger charge is 2.18. The number of hydrogen-bond acceptors (Lipinski definition) is 6. The summed E-state index contributed by atoms with van der Waals surface area (Å²) in [7, 11) is 0. The summed E-state index contributed by atoms with van der Waals surface area (Å²) in [6.45, 7) is 4.28. The fourth-order valence-corrected chi connectivity index (χ4v) is 5.41. The molecule has 7 nitrogen and oxygen atoms in total. The molecule has 0 amide bonds. The van der Waals surface area contributed by atoms with Gasteiger partial charge in [-0.25, -0.2) is 9.37 Å². The van der Waals surface area contributed by atoms with E-state index in [0.717, 1.165) is 18.8 Å². The minimum Gasteiger partial charge on any atom is -0.612 e. The summed E-state index contributed by atoms with van der Waals surface area (Å²) in [4.78, 5) is 22.9. The highest BCUT2D eigenvalue weighted by molar-refractivity contribution is 7.90. The van der Waals surface area contributed by atoms with Gasteiger partial charge in [-0.3, -0.25) is 9.36 Å². The Bertz CT molecular complexity index is 1460. The largest absolute Gasteiger partial charge is 0.612 e. The lowest BCUT2D eigenvalue weighted by molar-refractivity contribution is 0.599. The summed E-state index contributed by atoms with van der Waals surface area (Å²) in [6, 6.07) is 14.1. The molecule has 1 saturated heterocycles. The first kappa shape index (κ1) is 25.4. The molecule has 0 bridgehead atoms. The zero-order valence-corrected chi connectivity index (χ0v) is 21.8. The quantitative estimate of drug-likeness (QED) is 0.350. The molecule has 4 aromatic rings. The summed E-state index contributed by atoms with van der Waals surface area (Å²) in [5.74, 6) is 0.348.